The molecule has 0 saturated carbocycles. The average molecular weight is 507 g/mol. The predicted molar refractivity (Wildman–Crippen MR) is 124 cm³/mol. The van der Waals surface area contributed by atoms with Crippen molar-refractivity contribution in [2.75, 3.05) is 16.2 Å². The first kappa shape index (κ1) is 25.8. The number of hydrogen-bond donors (Lipinski definition) is 2. The van der Waals surface area contributed by atoms with Crippen molar-refractivity contribution in [1.82, 2.24) is 0 Å². The molecule has 3 rings (SSSR count). The van der Waals surface area contributed by atoms with Crippen molar-refractivity contribution in [3.8, 4) is 0 Å². The van der Waals surface area contributed by atoms with Crippen LogP contribution in [0.15, 0.2) is 71.6 Å². The van der Waals surface area contributed by atoms with Gasteiger partial charge in [-0.1, -0.05) is 12.1 Å². The third-order valence-corrected chi connectivity index (χ3v) is 7.08. The molecule has 0 unspecified atom stereocenters. The number of benzene rings is 3. The second kappa shape index (κ2) is 9.79. The summed E-state index contributed by atoms with van der Waals surface area (Å²) in [7, 11) is -4.10. The Bertz CT molecular complexity index is 1370. The number of anilines is 2. The monoisotopic (exact) mass is 506 g/mol. The number of aromatic carboxylic acids is 1. The van der Waals surface area contributed by atoms with Crippen LogP contribution in [0.2, 0.25) is 0 Å². The van der Waals surface area contributed by atoms with Gasteiger partial charge < -0.3 is 10.4 Å². The van der Waals surface area contributed by atoms with Crippen LogP contribution in [0.1, 0.15) is 38.8 Å². The molecule has 3 aromatic carbocycles. The smallest absolute Gasteiger partial charge is 0.416 e. The van der Waals surface area contributed by atoms with Gasteiger partial charge in [0, 0.05) is 17.8 Å². The molecule has 0 heterocycles. The predicted octanol–water partition coefficient (Wildman–Crippen LogP) is 5.18. The van der Waals surface area contributed by atoms with Crippen LogP contribution in [-0.4, -0.2) is 31.9 Å². The number of amides is 1. The summed E-state index contributed by atoms with van der Waals surface area (Å²) < 4.78 is 66.1. The largest absolute Gasteiger partial charge is 0.478 e. The van der Waals surface area contributed by atoms with Crippen LogP contribution >= 0.6 is 0 Å². The molecule has 0 aromatic heterocycles. The van der Waals surface area contributed by atoms with Crippen LogP contribution in [0.4, 0.5) is 24.5 Å². The number of carbonyl (C=O) groups excluding carboxylic acids is 1. The zero-order chi connectivity index (χ0) is 26.0. The number of aryl methyl sites for hydroxylation is 1. The molecule has 11 heteroatoms. The number of sulfonamides is 1. The molecule has 2 N–H and O–H groups in total. The molecule has 0 aliphatic rings. The topological polar surface area (TPSA) is 104 Å². The Balaban J connectivity index is 1.84. The number of halogens is 3. The van der Waals surface area contributed by atoms with Gasteiger partial charge in [-0.15, -0.1) is 0 Å². The number of nitrogens with zero attached hydrogens (tertiary/aromatic N) is 1. The van der Waals surface area contributed by atoms with Crippen molar-refractivity contribution in [1.29, 1.82) is 0 Å². The normalized spacial score (nSPS) is 11.7. The summed E-state index contributed by atoms with van der Waals surface area (Å²) in [5, 5.41) is 11.8. The first-order valence-electron chi connectivity index (χ1n) is 10.3. The molecule has 7 nitrogen and oxygen atoms in total. The van der Waals surface area contributed by atoms with E-state index in [2.05, 4.69) is 5.32 Å². The van der Waals surface area contributed by atoms with Gasteiger partial charge in [0.05, 0.1) is 21.7 Å². The molecule has 3 aromatic rings. The zero-order valence-electron chi connectivity index (χ0n) is 18.6. The van der Waals surface area contributed by atoms with Crippen molar-refractivity contribution in [3.63, 3.8) is 0 Å². The fourth-order valence-electron chi connectivity index (χ4n) is 3.36. The van der Waals surface area contributed by atoms with Crippen molar-refractivity contribution in [3.05, 3.63) is 89.0 Å². The minimum Gasteiger partial charge on any atom is -0.478 e. The van der Waals surface area contributed by atoms with E-state index in [1.165, 1.54) is 42.5 Å². The quantitative estimate of drug-likeness (QED) is 0.460. The third kappa shape index (κ3) is 5.62. The summed E-state index contributed by atoms with van der Waals surface area (Å²) in [6, 6.07) is 13.5. The van der Waals surface area contributed by atoms with E-state index in [4.69, 9.17) is 0 Å². The van der Waals surface area contributed by atoms with Crippen LogP contribution in [-0.2, 0) is 16.2 Å². The van der Waals surface area contributed by atoms with E-state index in [0.29, 0.717) is 5.56 Å². The highest BCUT2D eigenvalue weighted by atomic mass is 32.2. The van der Waals surface area contributed by atoms with E-state index in [-0.39, 0.29) is 33.9 Å². The van der Waals surface area contributed by atoms with Gasteiger partial charge in [-0.3, -0.25) is 9.10 Å². The fraction of sp³-hybridized carbons (Fsp3) is 0.167. The molecule has 0 fully saturated rings. The van der Waals surface area contributed by atoms with Crippen LogP contribution in [0.5, 0.6) is 0 Å². The maximum Gasteiger partial charge on any atom is 0.416 e. The highest BCUT2D eigenvalue weighted by Gasteiger charge is 2.31. The molecule has 0 spiro atoms. The molecular formula is C24H21F3N2O5S. The van der Waals surface area contributed by atoms with E-state index in [9.17, 15) is 36.3 Å². The van der Waals surface area contributed by atoms with E-state index in [1.807, 2.05) is 0 Å². The average Bonchev–Trinajstić information content (AvgIpc) is 2.80. The number of alkyl halides is 3. The molecule has 0 atom stereocenters. The number of carboxylic acid groups (broad SMARTS) is 1. The van der Waals surface area contributed by atoms with Crippen molar-refractivity contribution < 1.29 is 36.3 Å². The van der Waals surface area contributed by atoms with Gasteiger partial charge >= 0.3 is 12.1 Å². The van der Waals surface area contributed by atoms with Crippen LogP contribution in [0.25, 0.3) is 0 Å². The summed E-state index contributed by atoms with van der Waals surface area (Å²) in [5.41, 5.74) is -0.355. The van der Waals surface area contributed by atoms with Gasteiger partial charge in [0.2, 0.25) is 0 Å². The second-order valence-electron chi connectivity index (χ2n) is 7.53. The summed E-state index contributed by atoms with van der Waals surface area (Å²) in [6.07, 6.45) is -4.59. The lowest BCUT2D eigenvalue weighted by molar-refractivity contribution is -0.137. The first-order chi connectivity index (χ1) is 16.3. The number of carbonyl (C=O) groups is 2. The molecule has 0 aliphatic heterocycles. The Morgan fingerprint density at radius 2 is 1.66 bits per heavy atom. The summed E-state index contributed by atoms with van der Waals surface area (Å²) in [5.74, 6) is -2.01. The second-order valence-corrected chi connectivity index (χ2v) is 9.39. The highest BCUT2D eigenvalue weighted by Crippen LogP contribution is 2.30. The lowest BCUT2D eigenvalue weighted by atomic mass is 10.1. The van der Waals surface area contributed by atoms with Crippen LogP contribution in [0, 0.1) is 6.92 Å². The lowest BCUT2D eigenvalue weighted by Crippen LogP contribution is -2.31. The molecule has 0 saturated heterocycles. The Morgan fingerprint density at radius 1 is 1.00 bits per heavy atom. The molecule has 35 heavy (non-hydrogen) atoms. The molecule has 0 radical (unpaired) electrons. The Hall–Kier alpha value is -3.86. The van der Waals surface area contributed by atoms with Crippen LogP contribution < -0.4 is 9.62 Å². The minimum atomic E-state index is -4.59. The maximum atomic E-state index is 13.2. The van der Waals surface area contributed by atoms with Gasteiger partial charge in [0.1, 0.15) is 0 Å². The molecule has 184 valence electrons. The highest BCUT2D eigenvalue weighted by molar-refractivity contribution is 7.92. The number of rotatable bonds is 7. The molecular weight excluding hydrogens is 485 g/mol. The van der Waals surface area contributed by atoms with E-state index < -0.39 is 33.6 Å². The van der Waals surface area contributed by atoms with Gasteiger partial charge in [0.25, 0.3) is 15.9 Å². The summed E-state index contributed by atoms with van der Waals surface area (Å²) in [6.45, 7) is 3.20. The van der Waals surface area contributed by atoms with Gasteiger partial charge in [0.15, 0.2) is 0 Å². The molecule has 1 amide bonds. The standard InChI is InChI=1S/C24H21F3N2O5S/c1-3-29(35(33,34)20-12-7-15(2)21(14-20)23(31)32)19-10-8-18(9-11-19)28-22(30)16-5-4-6-17(13-16)24(25,26)27/h4-14H,3H2,1-2H3,(H,28,30)(H,31,32). The van der Waals surface area contributed by atoms with Gasteiger partial charge in [-0.2, -0.15) is 13.2 Å². The lowest BCUT2D eigenvalue weighted by Gasteiger charge is -2.23. The van der Waals surface area contributed by atoms with Crippen molar-refractivity contribution in [2.24, 2.45) is 0 Å². The van der Waals surface area contributed by atoms with Crippen LogP contribution in [0.3, 0.4) is 0 Å². The number of nitrogens with one attached hydrogen (secondary N) is 1. The van der Waals surface area contributed by atoms with E-state index in [1.54, 1.807) is 13.8 Å². The van der Waals surface area contributed by atoms with Gasteiger partial charge in [-0.05, 0) is 74.0 Å². The molecule has 0 aliphatic carbocycles. The van der Waals surface area contributed by atoms with Crippen molar-refractivity contribution in [2.45, 2.75) is 24.9 Å². The van der Waals surface area contributed by atoms with Crippen molar-refractivity contribution >= 4 is 33.3 Å². The molecule has 0 bridgehead atoms. The minimum absolute atomic E-state index is 0.0363. The first-order valence-corrected chi connectivity index (χ1v) is 11.7. The third-order valence-electron chi connectivity index (χ3n) is 5.18. The fourth-order valence-corrected chi connectivity index (χ4v) is 4.86. The number of hydrogen-bond acceptors (Lipinski definition) is 4. The Morgan fingerprint density at radius 3 is 2.23 bits per heavy atom. The SMILES string of the molecule is CCN(c1ccc(NC(=O)c2cccc(C(F)(F)F)c2)cc1)S(=O)(=O)c1ccc(C)c(C(=O)O)c1. The Kier molecular flexibility index (Phi) is 7.20. The maximum absolute atomic E-state index is 13.2. The zero-order valence-corrected chi connectivity index (χ0v) is 19.4. The number of carboxylic acids is 1. The summed E-state index contributed by atoms with van der Waals surface area (Å²) >= 11 is 0. The Labute approximate surface area is 199 Å². The van der Waals surface area contributed by atoms with E-state index in [0.717, 1.165) is 28.6 Å². The van der Waals surface area contributed by atoms with Gasteiger partial charge in [-0.25, -0.2) is 13.2 Å². The summed E-state index contributed by atoms with van der Waals surface area (Å²) in [4.78, 5) is 23.6. The van der Waals surface area contributed by atoms with E-state index >= 15 is 0 Å².